The van der Waals surface area contributed by atoms with Crippen LogP contribution >= 0.6 is 0 Å². The highest BCUT2D eigenvalue weighted by Crippen LogP contribution is 1.79. The summed E-state index contributed by atoms with van der Waals surface area (Å²) >= 11 is 0. The van der Waals surface area contributed by atoms with Gasteiger partial charge in [0.05, 0.1) is 6.26 Å². The third-order valence-electron chi connectivity index (χ3n) is 0.640. The Morgan fingerprint density at radius 2 is 2.67 bits per heavy atom. The molecule has 1 aliphatic rings. The third kappa shape index (κ3) is 0.723. The van der Waals surface area contributed by atoms with Crippen LogP contribution in [0.25, 0.3) is 0 Å². The van der Waals surface area contributed by atoms with Crippen LogP contribution in [0.2, 0.25) is 0 Å². The normalized spacial score (nSPS) is 20.0. The molecule has 0 spiro atoms. The smallest absolute Gasteiger partial charge is 0.138 e. The minimum atomic E-state index is 0.663. The summed E-state index contributed by atoms with van der Waals surface area (Å²) in [4.78, 5) is 0. The van der Waals surface area contributed by atoms with Crippen LogP contribution in [-0.2, 0) is 4.74 Å². The fourth-order valence-electron chi connectivity index (χ4n) is 0.365. The molecule has 0 aromatic heterocycles. The minimum Gasteiger partial charge on any atom is -0.486 e. The van der Waals surface area contributed by atoms with Gasteiger partial charge in [0.15, 0.2) is 0 Å². The van der Waals surface area contributed by atoms with Gasteiger partial charge < -0.3 is 4.74 Å². The van der Waals surface area contributed by atoms with Gasteiger partial charge in [-0.25, -0.2) is 0 Å². The van der Waals surface area contributed by atoms with Crippen LogP contribution in [0.4, 0.5) is 0 Å². The predicted octanol–water partition coefficient (Wildman–Crippen LogP) is 0.0774. The molecular weight excluding hydrogens is 78.0 g/mol. The topological polar surface area (TPSA) is 21.3 Å². The van der Waals surface area contributed by atoms with Crippen molar-refractivity contribution in [3.63, 3.8) is 0 Å². The lowest BCUT2D eigenvalue weighted by atomic mass is 10.6. The lowest BCUT2D eigenvalue weighted by molar-refractivity contribution is 0.212. The van der Waals surface area contributed by atoms with Gasteiger partial charge in [0.25, 0.3) is 0 Å². The molecule has 1 rings (SSSR count). The summed E-state index contributed by atoms with van der Waals surface area (Å²) in [7, 11) is 0. The maximum absolute atomic E-state index is 4.78. The van der Waals surface area contributed by atoms with Crippen molar-refractivity contribution < 1.29 is 4.74 Å². The molecule has 2 heteroatoms. The van der Waals surface area contributed by atoms with Crippen LogP contribution in [0.1, 0.15) is 0 Å². The van der Waals surface area contributed by atoms with Gasteiger partial charge in [0, 0.05) is 6.54 Å². The lowest BCUT2D eigenvalue weighted by Crippen LogP contribution is -2.19. The zero-order valence-corrected chi connectivity index (χ0v) is 3.48. The van der Waals surface area contributed by atoms with Crippen molar-refractivity contribution in [3.8, 4) is 0 Å². The molecule has 0 amide bonds. The molecule has 0 unspecified atom stereocenters. The van der Waals surface area contributed by atoms with E-state index in [0.717, 1.165) is 6.54 Å². The Morgan fingerprint density at radius 3 is 2.83 bits per heavy atom. The number of ether oxygens (including phenoxy) is 1. The Hall–Kier alpha value is -0.500. The molecule has 0 saturated carbocycles. The van der Waals surface area contributed by atoms with Crippen LogP contribution in [0.5, 0.6) is 0 Å². The average molecular weight is 85.1 g/mol. The maximum atomic E-state index is 4.78. The summed E-state index contributed by atoms with van der Waals surface area (Å²) < 4.78 is 4.78. The molecule has 0 radical (unpaired) electrons. The molecule has 34 valence electrons. The van der Waals surface area contributed by atoms with E-state index in [9.17, 15) is 0 Å². The van der Waals surface area contributed by atoms with Crippen molar-refractivity contribution >= 4 is 0 Å². The highest BCUT2D eigenvalue weighted by Gasteiger charge is 1.83. The van der Waals surface area contributed by atoms with E-state index in [2.05, 4.69) is 5.32 Å². The second-order valence-electron chi connectivity index (χ2n) is 1.14. The first-order chi connectivity index (χ1) is 3.00. The van der Waals surface area contributed by atoms with Gasteiger partial charge in [-0.15, -0.1) is 0 Å². The molecule has 0 aromatic carbocycles. The third-order valence-corrected chi connectivity index (χ3v) is 0.640. The summed E-state index contributed by atoms with van der Waals surface area (Å²) in [5.41, 5.74) is 0. The van der Waals surface area contributed by atoms with Crippen molar-refractivity contribution in [2.24, 2.45) is 0 Å². The molecule has 0 aliphatic carbocycles. The molecule has 0 bridgehead atoms. The fourth-order valence-corrected chi connectivity index (χ4v) is 0.365. The Morgan fingerprint density at radius 1 is 1.67 bits per heavy atom. The Balaban J connectivity index is 2.26. The molecule has 1 N–H and O–H groups in total. The number of hydrogen-bond donors (Lipinski definition) is 1. The van der Waals surface area contributed by atoms with E-state index in [4.69, 9.17) is 4.74 Å². The van der Waals surface area contributed by atoms with E-state index in [1.54, 1.807) is 6.26 Å². The van der Waals surface area contributed by atoms with E-state index in [1.165, 1.54) is 0 Å². The second-order valence-corrected chi connectivity index (χ2v) is 1.14. The molecule has 6 heavy (non-hydrogen) atoms. The van der Waals surface area contributed by atoms with Crippen molar-refractivity contribution in [3.05, 3.63) is 12.3 Å². The highest BCUT2D eigenvalue weighted by atomic mass is 16.5. The molecule has 0 atom stereocenters. The standard InChI is InChI=1S/C4H7NO/c1-2-5-4-6-3-1/h1,3,5H,2,4H2. The van der Waals surface area contributed by atoms with Crippen molar-refractivity contribution in [1.29, 1.82) is 0 Å². The number of rotatable bonds is 0. The first-order valence-electron chi connectivity index (χ1n) is 1.97. The van der Waals surface area contributed by atoms with Crippen LogP contribution in [0, 0.1) is 0 Å². The van der Waals surface area contributed by atoms with E-state index in [-0.39, 0.29) is 0 Å². The summed E-state index contributed by atoms with van der Waals surface area (Å²) in [6.07, 6.45) is 3.64. The Bertz CT molecular complexity index is 52.6. The van der Waals surface area contributed by atoms with Gasteiger partial charge in [-0.1, -0.05) is 0 Å². The number of hydrogen-bond acceptors (Lipinski definition) is 2. The summed E-state index contributed by atoms with van der Waals surface area (Å²) in [6.45, 7) is 1.61. The second kappa shape index (κ2) is 1.82. The minimum absolute atomic E-state index is 0.663. The molecule has 1 aliphatic heterocycles. The molecule has 1 heterocycles. The van der Waals surface area contributed by atoms with Gasteiger partial charge in [0.1, 0.15) is 6.73 Å². The van der Waals surface area contributed by atoms with Crippen LogP contribution in [0.15, 0.2) is 12.3 Å². The van der Waals surface area contributed by atoms with Gasteiger partial charge in [-0.05, 0) is 6.08 Å². The zero-order chi connectivity index (χ0) is 4.24. The highest BCUT2D eigenvalue weighted by molar-refractivity contribution is 4.78. The SMILES string of the molecule is C1=COCNC1. The molecular formula is C4H7NO. The average Bonchev–Trinajstić information content (AvgIpc) is 1.72. The lowest BCUT2D eigenvalue weighted by Gasteiger charge is -2.04. The van der Waals surface area contributed by atoms with Crippen molar-refractivity contribution in [2.75, 3.05) is 13.3 Å². The zero-order valence-electron chi connectivity index (χ0n) is 3.48. The largest absolute Gasteiger partial charge is 0.486 e. The van der Waals surface area contributed by atoms with E-state index < -0.39 is 0 Å². The monoisotopic (exact) mass is 85.1 g/mol. The molecule has 0 saturated heterocycles. The first kappa shape index (κ1) is 3.68. The molecule has 2 nitrogen and oxygen atoms in total. The van der Waals surface area contributed by atoms with Crippen molar-refractivity contribution in [1.82, 2.24) is 5.32 Å². The fraction of sp³-hybridized carbons (Fsp3) is 0.500. The van der Waals surface area contributed by atoms with Gasteiger partial charge >= 0.3 is 0 Å². The Kier molecular flexibility index (Phi) is 1.12. The van der Waals surface area contributed by atoms with Crippen LogP contribution in [-0.4, -0.2) is 13.3 Å². The van der Waals surface area contributed by atoms with Crippen LogP contribution in [0.3, 0.4) is 0 Å². The quantitative estimate of drug-likeness (QED) is 0.449. The predicted molar refractivity (Wildman–Crippen MR) is 23.1 cm³/mol. The first-order valence-corrected chi connectivity index (χ1v) is 1.97. The summed E-state index contributed by atoms with van der Waals surface area (Å²) in [5, 5.41) is 2.98. The number of nitrogens with one attached hydrogen (secondary N) is 1. The van der Waals surface area contributed by atoms with Gasteiger partial charge in [-0.2, -0.15) is 0 Å². The summed E-state index contributed by atoms with van der Waals surface area (Å²) in [5.74, 6) is 0. The van der Waals surface area contributed by atoms with Gasteiger partial charge in [0.2, 0.25) is 0 Å². The van der Waals surface area contributed by atoms with E-state index >= 15 is 0 Å². The molecule has 0 aromatic rings. The van der Waals surface area contributed by atoms with E-state index in [0.29, 0.717) is 6.73 Å². The van der Waals surface area contributed by atoms with Gasteiger partial charge in [-0.3, -0.25) is 5.32 Å². The van der Waals surface area contributed by atoms with Crippen molar-refractivity contribution in [2.45, 2.75) is 0 Å². The maximum Gasteiger partial charge on any atom is 0.138 e. The Labute approximate surface area is 36.8 Å². The summed E-state index contributed by atoms with van der Waals surface area (Å²) in [6, 6.07) is 0. The molecule has 0 fully saturated rings. The van der Waals surface area contributed by atoms with Crippen LogP contribution < -0.4 is 5.32 Å². The van der Waals surface area contributed by atoms with E-state index in [1.807, 2.05) is 6.08 Å².